The summed E-state index contributed by atoms with van der Waals surface area (Å²) in [5, 5.41) is 8.92. The second-order valence-corrected chi connectivity index (χ2v) is 10.6. The van der Waals surface area contributed by atoms with Gasteiger partial charge in [-0.1, -0.05) is 25.6 Å². The molecule has 0 fully saturated rings. The number of hydrogen-bond acceptors (Lipinski definition) is 9. The molecule has 1 unspecified atom stereocenters. The van der Waals surface area contributed by atoms with Crippen molar-refractivity contribution >= 4 is 23.8 Å². The summed E-state index contributed by atoms with van der Waals surface area (Å²) in [7, 11) is 0. The van der Waals surface area contributed by atoms with E-state index in [4.69, 9.17) is 24.1 Å². The standard InChI is InChI=1S/C35H33NO9/c1-22(21-37)34(40)44-18-4-17-43-27-10-12-29-28-11-5-24(19-30(28)23(2)31(29)20-27)35(41)45-26-8-6-25(7-9-26)42-16-3-15-36-32(38)13-14-33(36)39/h5-14,19-20,23,37H,1,3-4,15-18,21H2,2H3. The Morgan fingerprint density at radius 1 is 0.800 bits per heavy atom. The first-order valence-corrected chi connectivity index (χ1v) is 14.6. The third-order valence-electron chi connectivity index (χ3n) is 7.53. The first-order valence-electron chi connectivity index (χ1n) is 14.6. The van der Waals surface area contributed by atoms with Crippen molar-refractivity contribution in [1.29, 1.82) is 0 Å². The number of nitrogens with zero attached hydrogens (tertiary/aromatic N) is 1. The number of hydrogen-bond donors (Lipinski definition) is 1. The highest BCUT2D eigenvalue weighted by molar-refractivity contribution is 6.12. The van der Waals surface area contributed by atoms with Crippen LogP contribution < -0.4 is 14.2 Å². The molecule has 2 amide bonds. The quantitative estimate of drug-likeness (QED) is 0.0915. The van der Waals surface area contributed by atoms with Crippen LogP contribution in [0.2, 0.25) is 0 Å². The molecule has 1 aliphatic heterocycles. The van der Waals surface area contributed by atoms with Crippen LogP contribution in [0.25, 0.3) is 11.1 Å². The minimum Gasteiger partial charge on any atom is -0.494 e. The van der Waals surface area contributed by atoms with Crippen molar-refractivity contribution < 1.29 is 43.2 Å². The molecule has 0 spiro atoms. The molecule has 2 aliphatic rings. The highest BCUT2D eigenvalue weighted by atomic mass is 16.5. The van der Waals surface area contributed by atoms with E-state index in [9.17, 15) is 19.2 Å². The normalized spacial score (nSPS) is 14.6. The second kappa shape index (κ2) is 14.0. The zero-order chi connectivity index (χ0) is 31.9. The van der Waals surface area contributed by atoms with Crippen molar-refractivity contribution in [3.63, 3.8) is 0 Å². The molecule has 0 aromatic heterocycles. The highest BCUT2D eigenvalue weighted by Crippen LogP contribution is 2.46. The van der Waals surface area contributed by atoms with Gasteiger partial charge in [0.05, 0.1) is 37.6 Å². The minimum absolute atomic E-state index is 0.0136. The molecular formula is C35H33NO9. The number of esters is 2. The van der Waals surface area contributed by atoms with E-state index in [1.165, 1.54) is 17.1 Å². The molecule has 1 heterocycles. The second-order valence-electron chi connectivity index (χ2n) is 10.6. The molecule has 1 atom stereocenters. The van der Waals surface area contributed by atoms with E-state index in [2.05, 4.69) is 13.5 Å². The summed E-state index contributed by atoms with van der Waals surface area (Å²) in [6.07, 6.45) is 3.49. The predicted molar refractivity (Wildman–Crippen MR) is 164 cm³/mol. The van der Waals surface area contributed by atoms with Gasteiger partial charge in [-0.3, -0.25) is 14.5 Å². The molecule has 10 heteroatoms. The zero-order valence-corrected chi connectivity index (χ0v) is 24.8. The Kier molecular flexibility index (Phi) is 9.74. The van der Waals surface area contributed by atoms with Crippen LogP contribution in [0.3, 0.4) is 0 Å². The van der Waals surface area contributed by atoms with Gasteiger partial charge in [-0.25, -0.2) is 9.59 Å². The highest BCUT2D eigenvalue weighted by Gasteiger charge is 2.27. The van der Waals surface area contributed by atoms with Crippen LogP contribution >= 0.6 is 0 Å². The molecule has 0 saturated carbocycles. The molecule has 1 N–H and O–H groups in total. The lowest BCUT2D eigenvalue weighted by Crippen LogP contribution is -2.31. The number of imide groups is 1. The van der Waals surface area contributed by atoms with E-state index in [1.54, 1.807) is 30.3 Å². The SMILES string of the molecule is C=C(CO)C(=O)OCCCOc1ccc2c(c1)C(C)c1cc(C(=O)Oc3ccc(OCCCN4C(=O)C=CC4=O)cc3)ccc1-2. The molecule has 0 radical (unpaired) electrons. The Balaban J connectivity index is 1.11. The number of ether oxygens (including phenoxy) is 4. The van der Waals surface area contributed by atoms with Gasteiger partial charge in [0.15, 0.2) is 0 Å². The third-order valence-corrected chi connectivity index (χ3v) is 7.53. The number of aliphatic hydroxyl groups is 1. The summed E-state index contributed by atoms with van der Waals surface area (Å²) in [4.78, 5) is 49.0. The van der Waals surface area contributed by atoms with Gasteiger partial charge in [0.25, 0.3) is 11.8 Å². The van der Waals surface area contributed by atoms with E-state index < -0.39 is 18.5 Å². The van der Waals surface area contributed by atoms with Crippen molar-refractivity contribution in [2.45, 2.75) is 25.7 Å². The van der Waals surface area contributed by atoms with E-state index in [0.717, 1.165) is 22.3 Å². The van der Waals surface area contributed by atoms with Crippen molar-refractivity contribution in [3.05, 3.63) is 102 Å². The topological polar surface area (TPSA) is 129 Å². The van der Waals surface area contributed by atoms with E-state index in [-0.39, 0.29) is 36.5 Å². The lowest BCUT2D eigenvalue weighted by Gasteiger charge is -2.14. The van der Waals surface area contributed by atoms with Crippen molar-refractivity contribution in [1.82, 2.24) is 4.90 Å². The summed E-state index contributed by atoms with van der Waals surface area (Å²) >= 11 is 0. The van der Waals surface area contributed by atoms with E-state index in [1.807, 2.05) is 30.3 Å². The van der Waals surface area contributed by atoms with Gasteiger partial charge < -0.3 is 24.1 Å². The van der Waals surface area contributed by atoms with Gasteiger partial charge in [-0.05, 0) is 77.2 Å². The Morgan fingerprint density at radius 3 is 2.11 bits per heavy atom. The molecule has 45 heavy (non-hydrogen) atoms. The van der Waals surface area contributed by atoms with Crippen LogP contribution in [0.1, 0.15) is 47.2 Å². The molecular weight excluding hydrogens is 578 g/mol. The van der Waals surface area contributed by atoms with Crippen LogP contribution in [-0.4, -0.2) is 66.7 Å². The average molecular weight is 612 g/mol. The fourth-order valence-corrected chi connectivity index (χ4v) is 5.11. The fraction of sp³-hybridized carbons (Fsp3) is 0.257. The third kappa shape index (κ3) is 7.30. The predicted octanol–water partition coefficient (Wildman–Crippen LogP) is 4.59. The molecule has 3 aromatic carbocycles. The lowest BCUT2D eigenvalue weighted by molar-refractivity contribution is -0.140. The summed E-state index contributed by atoms with van der Waals surface area (Å²) in [5.74, 6) is -0.0444. The zero-order valence-electron chi connectivity index (χ0n) is 24.8. The van der Waals surface area contributed by atoms with Crippen molar-refractivity contribution in [3.8, 4) is 28.4 Å². The molecule has 10 nitrogen and oxygen atoms in total. The Bertz CT molecular complexity index is 1640. The van der Waals surface area contributed by atoms with Crippen molar-refractivity contribution in [2.75, 3.05) is 33.0 Å². The number of carbonyl (C=O) groups is 4. The fourth-order valence-electron chi connectivity index (χ4n) is 5.11. The summed E-state index contributed by atoms with van der Waals surface area (Å²) in [5.41, 5.74) is 4.68. The van der Waals surface area contributed by atoms with Crippen LogP contribution in [0.5, 0.6) is 17.2 Å². The van der Waals surface area contributed by atoms with E-state index >= 15 is 0 Å². The minimum atomic E-state index is -0.618. The first kappa shape index (κ1) is 31.2. The van der Waals surface area contributed by atoms with Gasteiger partial charge in [0.2, 0.25) is 0 Å². The smallest absolute Gasteiger partial charge is 0.343 e. The van der Waals surface area contributed by atoms with Crippen LogP contribution in [0, 0.1) is 0 Å². The Hall–Kier alpha value is -5.22. The maximum Gasteiger partial charge on any atom is 0.343 e. The summed E-state index contributed by atoms with van der Waals surface area (Å²) < 4.78 is 22.2. The maximum atomic E-state index is 13.0. The lowest BCUT2D eigenvalue weighted by atomic mass is 9.98. The van der Waals surface area contributed by atoms with Crippen molar-refractivity contribution in [2.24, 2.45) is 0 Å². The molecule has 0 bridgehead atoms. The van der Waals surface area contributed by atoms with Crippen LogP contribution in [0.4, 0.5) is 0 Å². The van der Waals surface area contributed by atoms with Gasteiger partial charge in [0, 0.05) is 31.0 Å². The number of aliphatic hydroxyl groups excluding tert-OH is 1. The number of fused-ring (bicyclic) bond motifs is 3. The molecule has 5 rings (SSSR count). The summed E-state index contributed by atoms with van der Waals surface area (Å²) in [6, 6.07) is 18.1. The average Bonchev–Trinajstić information content (AvgIpc) is 3.52. The number of amides is 2. The van der Waals surface area contributed by atoms with Gasteiger partial charge in [0.1, 0.15) is 17.2 Å². The molecule has 3 aromatic rings. The largest absolute Gasteiger partial charge is 0.494 e. The van der Waals surface area contributed by atoms with Crippen LogP contribution in [-0.2, 0) is 19.1 Å². The molecule has 232 valence electrons. The maximum absolute atomic E-state index is 13.0. The number of rotatable bonds is 14. The van der Waals surface area contributed by atoms with E-state index in [0.29, 0.717) is 48.9 Å². The van der Waals surface area contributed by atoms with Gasteiger partial charge in [-0.2, -0.15) is 0 Å². The number of carbonyl (C=O) groups excluding carboxylic acids is 4. The first-order chi connectivity index (χ1) is 21.7. The van der Waals surface area contributed by atoms with Gasteiger partial charge >= 0.3 is 11.9 Å². The molecule has 1 aliphatic carbocycles. The van der Waals surface area contributed by atoms with Crippen LogP contribution in [0.15, 0.2) is 85.0 Å². The number of benzene rings is 3. The Labute approximate surface area is 260 Å². The van der Waals surface area contributed by atoms with Gasteiger partial charge in [-0.15, -0.1) is 0 Å². The summed E-state index contributed by atoms with van der Waals surface area (Å²) in [6.45, 7) is 6.19. The Morgan fingerprint density at radius 2 is 1.40 bits per heavy atom. The monoisotopic (exact) mass is 611 g/mol. The molecule has 0 saturated heterocycles.